The van der Waals surface area contributed by atoms with Crippen molar-refractivity contribution >= 4 is 43.5 Å². The van der Waals surface area contributed by atoms with Crippen molar-refractivity contribution in [2.75, 3.05) is 84.1 Å². The Hall–Kier alpha value is -5.45. The summed E-state index contributed by atoms with van der Waals surface area (Å²) in [4.78, 5) is 17.9. The summed E-state index contributed by atoms with van der Waals surface area (Å²) in [7, 11) is 0.0694. The first-order valence-corrected chi connectivity index (χ1v) is 23.8. The highest BCUT2D eigenvalue weighted by atomic mass is 32.2. The Morgan fingerprint density at radius 2 is 1.58 bits per heavy atom. The predicted molar refractivity (Wildman–Crippen MR) is 252 cm³/mol. The van der Waals surface area contributed by atoms with Gasteiger partial charge in [0, 0.05) is 101 Å². The van der Waals surface area contributed by atoms with Gasteiger partial charge < -0.3 is 28.8 Å². The van der Waals surface area contributed by atoms with Gasteiger partial charge in [0.15, 0.2) is 0 Å². The van der Waals surface area contributed by atoms with Gasteiger partial charge in [0.1, 0.15) is 23.8 Å². The highest BCUT2D eigenvalue weighted by Crippen LogP contribution is 2.39. The number of carboxylic acids is 1. The molecule has 0 aliphatic carbocycles. The molecule has 0 amide bonds. The smallest absolute Gasteiger partial charge is 0.352 e. The van der Waals surface area contributed by atoms with E-state index in [1.54, 1.807) is 11.4 Å². The molecule has 0 saturated carbocycles. The lowest BCUT2D eigenvalue weighted by Gasteiger charge is -2.37. The zero-order valence-corrected chi connectivity index (χ0v) is 38.5. The molecule has 0 radical (unpaired) electrons. The van der Waals surface area contributed by atoms with Crippen molar-refractivity contribution in [3.63, 3.8) is 0 Å². The summed E-state index contributed by atoms with van der Waals surface area (Å²) in [5, 5.41) is 18.9. The number of aromatic carboxylic acids is 1. The Kier molecular flexibility index (Phi) is 13.9. The summed E-state index contributed by atoms with van der Waals surface area (Å²) in [6.45, 7) is 13.3. The minimum Gasteiger partial charge on any atom is -0.493 e. The molecule has 4 aromatic carbocycles. The molecule has 340 valence electrons. The molecular formula is C49H61N7O7S. The van der Waals surface area contributed by atoms with Crippen molar-refractivity contribution in [1.82, 2.24) is 27.9 Å². The quantitative estimate of drug-likeness (QED) is 0.0893. The number of para-hydroxylation sites is 1. The highest BCUT2D eigenvalue weighted by Gasteiger charge is 2.31. The summed E-state index contributed by atoms with van der Waals surface area (Å²) in [5.74, 6) is 0.805. The molecule has 8 rings (SSSR count). The Labute approximate surface area is 376 Å². The summed E-state index contributed by atoms with van der Waals surface area (Å²) in [5.41, 5.74) is 6.52. The van der Waals surface area contributed by atoms with Gasteiger partial charge in [-0.2, -0.15) is 22.1 Å². The number of benzene rings is 4. The maximum atomic E-state index is 13.4. The van der Waals surface area contributed by atoms with E-state index in [4.69, 9.17) is 19.3 Å². The SMILES string of the molecule is Cc1nn(C)c(COc2ccc(N3CCN(S(=O)(=O)N(C)CC(C)C)CC3)cc2)c1-c1cccc2c(CCCOc3cccc4ccccc34)c(C(=O)O)n(CCN3CCOCC3)c12. The van der Waals surface area contributed by atoms with E-state index >= 15 is 0 Å². The zero-order chi connectivity index (χ0) is 45.0. The third-order valence-electron chi connectivity index (χ3n) is 12.5. The molecule has 2 saturated heterocycles. The number of rotatable bonds is 18. The van der Waals surface area contributed by atoms with Gasteiger partial charge in [0.25, 0.3) is 10.2 Å². The van der Waals surface area contributed by atoms with Gasteiger partial charge in [-0.3, -0.25) is 9.58 Å². The third kappa shape index (κ3) is 9.64. The number of aromatic nitrogens is 3. The maximum absolute atomic E-state index is 13.4. The fourth-order valence-electron chi connectivity index (χ4n) is 9.33. The van der Waals surface area contributed by atoms with E-state index in [0.29, 0.717) is 89.9 Å². The molecule has 2 aliphatic rings. The van der Waals surface area contributed by atoms with Crippen LogP contribution in [0.2, 0.25) is 0 Å². The number of morpholine rings is 1. The van der Waals surface area contributed by atoms with Gasteiger partial charge >= 0.3 is 5.97 Å². The number of carbonyl (C=O) groups is 1. The average Bonchev–Trinajstić information content (AvgIpc) is 3.78. The summed E-state index contributed by atoms with van der Waals surface area (Å²) in [6, 6.07) is 28.3. The van der Waals surface area contributed by atoms with Gasteiger partial charge in [0.05, 0.1) is 36.7 Å². The van der Waals surface area contributed by atoms with Crippen LogP contribution in [0.25, 0.3) is 32.8 Å². The van der Waals surface area contributed by atoms with Crippen LogP contribution in [0.5, 0.6) is 11.5 Å². The molecule has 0 atom stereocenters. The number of aryl methyl sites for hydroxylation is 3. The Morgan fingerprint density at radius 1 is 0.875 bits per heavy atom. The molecule has 2 aliphatic heterocycles. The van der Waals surface area contributed by atoms with Crippen LogP contribution in [0.1, 0.15) is 47.7 Å². The van der Waals surface area contributed by atoms with E-state index in [9.17, 15) is 18.3 Å². The minimum absolute atomic E-state index is 0.238. The van der Waals surface area contributed by atoms with E-state index in [-0.39, 0.29) is 12.5 Å². The number of nitrogens with zero attached hydrogens (tertiary/aromatic N) is 7. The predicted octanol–water partition coefficient (Wildman–Crippen LogP) is 7.08. The molecule has 15 heteroatoms. The van der Waals surface area contributed by atoms with Crippen LogP contribution >= 0.6 is 0 Å². The van der Waals surface area contributed by atoms with Crippen molar-refractivity contribution in [1.29, 1.82) is 0 Å². The highest BCUT2D eigenvalue weighted by molar-refractivity contribution is 7.86. The fraction of sp³-hybridized carbons (Fsp3) is 0.429. The molecular weight excluding hydrogens is 831 g/mol. The van der Waals surface area contributed by atoms with Crippen molar-refractivity contribution < 1.29 is 32.5 Å². The first kappa shape index (κ1) is 45.1. The molecule has 2 fully saturated rings. The molecule has 0 spiro atoms. The van der Waals surface area contributed by atoms with Crippen LogP contribution < -0.4 is 14.4 Å². The normalized spacial score (nSPS) is 15.5. The third-order valence-corrected chi connectivity index (χ3v) is 14.4. The molecule has 14 nitrogen and oxygen atoms in total. The van der Waals surface area contributed by atoms with Gasteiger partial charge in [-0.05, 0) is 67.0 Å². The molecule has 6 aromatic rings. The van der Waals surface area contributed by atoms with Crippen LogP contribution in [0.4, 0.5) is 5.69 Å². The average molecular weight is 892 g/mol. The van der Waals surface area contributed by atoms with Crippen LogP contribution in [0.15, 0.2) is 84.9 Å². The monoisotopic (exact) mass is 891 g/mol. The second-order valence-electron chi connectivity index (χ2n) is 17.3. The summed E-state index contributed by atoms with van der Waals surface area (Å²) in [6.07, 6.45) is 1.16. The van der Waals surface area contributed by atoms with Gasteiger partial charge in [-0.1, -0.05) is 68.4 Å². The Bertz CT molecular complexity index is 2680. The lowest BCUT2D eigenvalue weighted by molar-refractivity contribution is 0.0362. The number of piperazine rings is 1. The van der Waals surface area contributed by atoms with E-state index in [1.165, 1.54) is 4.31 Å². The van der Waals surface area contributed by atoms with Crippen LogP contribution in [0.3, 0.4) is 0 Å². The van der Waals surface area contributed by atoms with Crippen molar-refractivity contribution in [2.45, 2.75) is 46.8 Å². The Morgan fingerprint density at radius 3 is 2.31 bits per heavy atom. The summed E-state index contributed by atoms with van der Waals surface area (Å²) >= 11 is 0. The number of fused-ring (bicyclic) bond motifs is 2. The standard InChI is InChI=1S/C49H61N7O7S/c1-35(2)33-51(4)64(59,60)55-25-23-54(24-26-55)38-18-20-39(21-19-38)63-34-44-46(36(3)50-52(44)5)43-15-9-14-41-42(16-10-30-62-45-17-8-12-37-11-6-7-13-40(37)45)48(49(57)58)56(47(41)43)27-22-53-28-31-61-32-29-53/h6-9,11-15,17-21,35H,10,16,22-34H2,1-5H3,(H,57,58). The first-order valence-electron chi connectivity index (χ1n) is 22.4. The second kappa shape index (κ2) is 19.7. The number of ether oxygens (including phenoxy) is 3. The number of hydrogen-bond acceptors (Lipinski definition) is 9. The molecule has 64 heavy (non-hydrogen) atoms. The topological polar surface area (TPSA) is 135 Å². The molecule has 0 bridgehead atoms. The van der Waals surface area contributed by atoms with E-state index in [2.05, 4.69) is 34.1 Å². The molecule has 2 aromatic heterocycles. The zero-order valence-electron chi connectivity index (χ0n) is 37.7. The van der Waals surface area contributed by atoms with Crippen molar-refractivity contribution in [2.24, 2.45) is 13.0 Å². The lowest BCUT2D eigenvalue weighted by atomic mass is 9.98. The van der Waals surface area contributed by atoms with E-state index in [0.717, 1.165) is 74.3 Å². The lowest BCUT2D eigenvalue weighted by Crippen LogP contribution is -2.52. The van der Waals surface area contributed by atoms with Crippen LogP contribution in [-0.2, 0) is 41.6 Å². The number of carboxylic acid groups (broad SMARTS) is 1. The second-order valence-corrected chi connectivity index (χ2v) is 19.3. The van der Waals surface area contributed by atoms with Gasteiger partial charge in [-0.15, -0.1) is 0 Å². The van der Waals surface area contributed by atoms with Crippen LogP contribution in [0, 0.1) is 12.8 Å². The van der Waals surface area contributed by atoms with E-state index in [1.807, 2.05) is 97.7 Å². The van der Waals surface area contributed by atoms with Crippen molar-refractivity contribution in [3.05, 3.63) is 108 Å². The molecule has 0 unspecified atom stereocenters. The summed E-state index contributed by atoms with van der Waals surface area (Å²) < 4.78 is 51.6. The maximum Gasteiger partial charge on any atom is 0.352 e. The van der Waals surface area contributed by atoms with Gasteiger partial charge in [0.2, 0.25) is 0 Å². The minimum atomic E-state index is -3.50. The van der Waals surface area contributed by atoms with Crippen LogP contribution in [-0.4, -0.2) is 127 Å². The molecule has 4 heterocycles. The van der Waals surface area contributed by atoms with E-state index < -0.39 is 16.2 Å². The van der Waals surface area contributed by atoms with Crippen molar-refractivity contribution in [3.8, 4) is 22.6 Å². The fourth-order valence-corrected chi connectivity index (χ4v) is 10.8. The number of anilines is 1. The Balaban J connectivity index is 1.03. The largest absolute Gasteiger partial charge is 0.493 e. The molecule has 1 N–H and O–H groups in total. The van der Waals surface area contributed by atoms with Gasteiger partial charge in [-0.25, -0.2) is 4.79 Å². The first-order chi connectivity index (χ1) is 30.9. The number of hydrogen-bond donors (Lipinski definition) is 1.